The van der Waals surface area contributed by atoms with Crippen molar-refractivity contribution in [2.24, 2.45) is 0 Å². The third kappa shape index (κ3) is 9.04. The van der Waals surface area contributed by atoms with Gasteiger partial charge in [0.1, 0.15) is 0 Å². The second-order valence-corrected chi connectivity index (χ2v) is 22.1. The molecule has 0 bridgehead atoms. The van der Waals surface area contributed by atoms with Gasteiger partial charge in [0, 0.05) is 32.3 Å². The molecular formula is C20H25NO3S8Si. The van der Waals surface area contributed by atoms with Crippen LogP contribution >= 0.6 is 82.1 Å². The molecular weight excluding hydrogens is 587 g/mol. The van der Waals surface area contributed by atoms with Crippen LogP contribution in [0.5, 0.6) is 0 Å². The molecule has 1 heterocycles. The lowest BCUT2D eigenvalue weighted by Crippen LogP contribution is -2.42. The van der Waals surface area contributed by atoms with Gasteiger partial charge < -0.3 is 13.3 Å². The lowest BCUT2D eigenvalue weighted by atomic mass is 10.1. The Hall–Kier alpha value is 0.877. The van der Waals surface area contributed by atoms with E-state index in [9.17, 15) is 0 Å². The van der Waals surface area contributed by atoms with E-state index in [2.05, 4.69) is 48.3 Å². The van der Waals surface area contributed by atoms with E-state index in [-0.39, 0.29) is 0 Å². The van der Waals surface area contributed by atoms with Crippen LogP contribution in [0, 0.1) is 6.92 Å². The van der Waals surface area contributed by atoms with Gasteiger partial charge in [0.05, 0.1) is 10.2 Å². The molecule has 4 nitrogen and oxygen atoms in total. The van der Waals surface area contributed by atoms with Crippen LogP contribution in [-0.4, -0.2) is 35.1 Å². The highest BCUT2D eigenvalue weighted by atomic mass is 33.9. The molecule has 3 rings (SSSR count). The van der Waals surface area contributed by atoms with E-state index in [1.165, 1.54) is 20.7 Å². The highest BCUT2D eigenvalue weighted by Crippen LogP contribution is 2.58. The molecule has 0 spiro atoms. The smallest absolute Gasteiger partial charge is 0.377 e. The minimum Gasteiger partial charge on any atom is -0.377 e. The first-order chi connectivity index (χ1) is 16.1. The zero-order valence-corrected chi connectivity index (χ0v) is 26.1. The fraction of sp³-hybridized carbons (Fsp3) is 0.350. The third-order valence-electron chi connectivity index (χ3n) is 4.69. The van der Waals surface area contributed by atoms with Gasteiger partial charge in [0.2, 0.25) is 0 Å². The molecule has 0 aliphatic carbocycles. The maximum atomic E-state index is 5.55. The number of hydrogen-bond donors (Lipinski definition) is 0. The lowest BCUT2D eigenvalue weighted by Gasteiger charge is -2.24. The molecule has 0 aliphatic heterocycles. The number of aryl methyl sites for hydroxylation is 2. The first-order valence-corrected chi connectivity index (χ1v) is 21.4. The summed E-state index contributed by atoms with van der Waals surface area (Å²) in [6, 6.07) is 15.8. The Morgan fingerprint density at radius 2 is 1.58 bits per heavy atom. The minimum absolute atomic E-state index is 0.812. The second kappa shape index (κ2) is 15.2. The van der Waals surface area contributed by atoms with Gasteiger partial charge in [-0.2, -0.15) is 0 Å². The van der Waals surface area contributed by atoms with Gasteiger partial charge in [0.25, 0.3) is 0 Å². The van der Waals surface area contributed by atoms with E-state index in [4.69, 9.17) is 13.3 Å². The number of rotatable bonds is 15. The van der Waals surface area contributed by atoms with Crippen molar-refractivity contribution in [2.75, 3.05) is 21.3 Å². The van der Waals surface area contributed by atoms with Crippen molar-refractivity contribution < 1.29 is 13.3 Å². The van der Waals surface area contributed by atoms with Crippen molar-refractivity contribution in [3.05, 3.63) is 53.6 Å². The van der Waals surface area contributed by atoms with E-state index >= 15 is 0 Å². The zero-order valence-electron chi connectivity index (χ0n) is 18.6. The largest absolute Gasteiger partial charge is 0.500 e. The molecule has 180 valence electrons. The number of nitrogens with zero attached hydrogens (tertiary/aromatic N) is 1. The molecule has 0 fully saturated rings. The van der Waals surface area contributed by atoms with Crippen molar-refractivity contribution in [1.82, 2.24) is 4.98 Å². The first kappa shape index (κ1) is 28.4. The summed E-state index contributed by atoms with van der Waals surface area (Å²) in [4.78, 5) is 5.98. The van der Waals surface area contributed by atoms with Crippen LogP contribution < -0.4 is 0 Å². The number of thiazole rings is 1. The monoisotopic (exact) mass is 611 g/mol. The van der Waals surface area contributed by atoms with Crippen LogP contribution in [0.2, 0.25) is 6.04 Å². The molecule has 0 amide bonds. The fourth-order valence-electron chi connectivity index (χ4n) is 3.05. The Balaban J connectivity index is 1.38. The van der Waals surface area contributed by atoms with Gasteiger partial charge in [0.15, 0.2) is 4.34 Å². The Labute approximate surface area is 227 Å². The molecule has 2 aromatic carbocycles. The van der Waals surface area contributed by atoms with E-state index in [0.29, 0.717) is 0 Å². The molecule has 1 aromatic heterocycles. The summed E-state index contributed by atoms with van der Waals surface area (Å²) < 4.78 is 19.0. The number of aromatic nitrogens is 1. The minimum atomic E-state index is -2.51. The number of benzene rings is 2. The lowest BCUT2D eigenvalue weighted by molar-refractivity contribution is 0.123. The highest BCUT2D eigenvalue weighted by Gasteiger charge is 2.36. The summed E-state index contributed by atoms with van der Waals surface area (Å²) in [5.74, 6) is 0. The summed E-state index contributed by atoms with van der Waals surface area (Å²) in [5, 5.41) is 0. The number of hydrogen-bond acceptors (Lipinski definition) is 12. The molecule has 0 radical (unpaired) electrons. The number of fused-ring (bicyclic) bond motifs is 1. The standard InChI is InChI=1S/C20H25NO3S8Si/c1-15-11-12-18(16(14-15)8-7-13-33(22-2,23-3)24-4)26-28-30-32-31-29-27-20-21-17-9-5-6-10-19(17)25-20/h5-6,9-12,14H,7-8,13H2,1-4H3. The molecule has 0 unspecified atom stereocenters. The normalized spacial score (nSPS) is 12.0. The quantitative estimate of drug-likeness (QED) is 0.0937. The fourth-order valence-corrected chi connectivity index (χ4v) is 20.2. The predicted octanol–water partition coefficient (Wildman–Crippen LogP) is 9.46. The number of para-hydroxylation sites is 1. The molecule has 0 N–H and O–H groups in total. The van der Waals surface area contributed by atoms with Gasteiger partial charge in [-0.15, -0.1) is 11.3 Å². The maximum Gasteiger partial charge on any atom is 0.500 e. The summed E-state index contributed by atoms with van der Waals surface area (Å²) >= 11 is 1.75. The zero-order chi connectivity index (χ0) is 23.5. The molecule has 0 atom stereocenters. The second-order valence-electron chi connectivity index (χ2n) is 6.71. The van der Waals surface area contributed by atoms with Crippen LogP contribution in [0.3, 0.4) is 0 Å². The highest BCUT2D eigenvalue weighted by molar-refractivity contribution is 9.46. The van der Waals surface area contributed by atoms with Crippen LogP contribution in [0.25, 0.3) is 10.2 Å². The van der Waals surface area contributed by atoms with Crippen molar-refractivity contribution in [1.29, 1.82) is 0 Å². The third-order valence-corrected chi connectivity index (χ3v) is 21.7. The average Bonchev–Trinajstić information content (AvgIpc) is 3.25. The van der Waals surface area contributed by atoms with Crippen molar-refractivity contribution in [3.8, 4) is 0 Å². The van der Waals surface area contributed by atoms with Crippen molar-refractivity contribution in [3.63, 3.8) is 0 Å². The van der Waals surface area contributed by atoms with E-state index in [1.54, 1.807) is 92.6 Å². The summed E-state index contributed by atoms with van der Waals surface area (Å²) in [6.45, 7) is 2.14. The molecule has 0 aliphatic rings. The molecule has 13 heteroatoms. The summed E-state index contributed by atoms with van der Waals surface area (Å²) in [7, 11) is 15.0. The first-order valence-electron chi connectivity index (χ1n) is 9.87. The molecule has 33 heavy (non-hydrogen) atoms. The van der Waals surface area contributed by atoms with Gasteiger partial charge in [-0.1, -0.05) is 29.8 Å². The Morgan fingerprint density at radius 3 is 2.30 bits per heavy atom. The topological polar surface area (TPSA) is 40.6 Å². The SMILES string of the molecule is CO[Si](CCCc1cc(C)ccc1SSSSSSSc1nc2ccccc2s1)(OC)OC. The van der Waals surface area contributed by atoms with Crippen LogP contribution in [0.4, 0.5) is 0 Å². The van der Waals surface area contributed by atoms with Gasteiger partial charge >= 0.3 is 8.80 Å². The van der Waals surface area contributed by atoms with E-state index < -0.39 is 8.80 Å². The van der Waals surface area contributed by atoms with Crippen LogP contribution in [0.15, 0.2) is 51.7 Å². The van der Waals surface area contributed by atoms with Crippen molar-refractivity contribution in [2.45, 2.75) is 35.0 Å². The molecule has 0 saturated heterocycles. The molecule has 0 saturated carbocycles. The average molecular weight is 612 g/mol. The van der Waals surface area contributed by atoms with Crippen molar-refractivity contribution >= 4 is 101 Å². The van der Waals surface area contributed by atoms with Crippen LogP contribution in [0.1, 0.15) is 17.5 Å². The Morgan fingerprint density at radius 1 is 0.879 bits per heavy atom. The van der Waals surface area contributed by atoms with Crippen LogP contribution in [-0.2, 0) is 19.7 Å². The van der Waals surface area contributed by atoms with Gasteiger partial charge in [-0.3, -0.25) is 0 Å². The van der Waals surface area contributed by atoms with Gasteiger partial charge in [-0.25, -0.2) is 4.98 Å². The molecule has 3 aromatic rings. The predicted molar refractivity (Wildman–Crippen MR) is 160 cm³/mol. The summed E-state index contributed by atoms with van der Waals surface area (Å²) in [6.07, 6.45) is 1.96. The Kier molecular flexibility index (Phi) is 13.1. The maximum absolute atomic E-state index is 5.55. The summed E-state index contributed by atoms with van der Waals surface area (Å²) in [5.41, 5.74) is 3.74. The van der Waals surface area contributed by atoms with E-state index in [0.717, 1.165) is 28.7 Å². The van der Waals surface area contributed by atoms with Gasteiger partial charge in [-0.05, 0) is 114 Å². The Bertz CT molecular complexity index is 963. The van der Waals surface area contributed by atoms with E-state index in [1.807, 2.05) is 16.9 Å².